The standard InChI is InChI=1S/C45H34N2/c1-45(2)39-18-10-12-20-43(39)47(36-25-21-32(22-26-36)31-13-5-3-6-14-31)44-28-24-34(30-40(44)45)33-23-27-42-38(29-33)37-17-9-11-19-41(37)46(42)35-15-7-4-8-16-35/h3-30H,1-2H3. The molecule has 9 rings (SSSR count). The third kappa shape index (κ3) is 4.33. The molecule has 0 spiro atoms. The van der Waals surface area contributed by atoms with Crippen LogP contribution in [0.2, 0.25) is 0 Å². The summed E-state index contributed by atoms with van der Waals surface area (Å²) >= 11 is 0. The number of aromatic nitrogens is 1. The fourth-order valence-electron chi connectivity index (χ4n) is 7.60. The van der Waals surface area contributed by atoms with E-state index in [9.17, 15) is 0 Å². The molecule has 7 aromatic carbocycles. The average Bonchev–Trinajstić information content (AvgIpc) is 3.46. The van der Waals surface area contributed by atoms with E-state index < -0.39 is 0 Å². The third-order valence-electron chi connectivity index (χ3n) is 9.98. The van der Waals surface area contributed by atoms with Crippen molar-refractivity contribution in [2.24, 2.45) is 0 Å². The molecule has 2 heterocycles. The molecule has 0 unspecified atom stereocenters. The molecule has 0 fully saturated rings. The molecule has 0 saturated heterocycles. The molecular formula is C45H34N2. The largest absolute Gasteiger partial charge is 0.310 e. The van der Waals surface area contributed by atoms with Crippen LogP contribution in [0.25, 0.3) is 49.7 Å². The second kappa shape index (κ2) is 10.6. The predicted molar refractivity (Wildman–Crippen MR) is 198 cm³/mol. The number of fused-ring (bicyclic) bond motifs is 5. The molecule has 0 bridgehead atoms. The summed E-state index contributed by atoms with van der Waals surface area (Å²) < 4.78 is 2.38. The molecule has 1 aliphatic heterocycles. The Kier molecular flexibility index (Phi) is 6.20. The van der Waals surface area contributed by atoms with Crippen LogP contribution in [0.5, 0.6) is 0 Å². The van der Waals surface area contributed by atoms with Gasteiger partial charge in [-0.15, -0.1) is 0 Å². The van der Waals surface area contributed by atoms with Gasteiger partial charge in [-0.05, 0) is 94.0 Å². The Balaban J connectivity index is 1.19. The second-order valence-corrected chi connectivity index (χ2v) is 13.0. The molecule has 0 aliphatic carbocycles. The highest BCUT2D eigenvalue weighted by Crippen LogP contribution is 2.52. The van der Waals surface area contributed by atoms with Gasteiger partial charge in [0.2, 0.25) is 0 Å². The van der Waals surface area contributed by atoms with Crippen molar-refractivity contribution in [1.29, 1.82) is 0 Å². The van der Waals surface area contributed by atoms with Crippen LogP contribution in [-0.4, -0.2) is 4.57 Å². The van der Waals surface area contributed by atoms with Crippen LogP contribution in [-0.2, 0) is 5.41 Å². The Morgan fingerprint density at radius 3 is 1.77 bits per heavy atom. The number of rotatable bonds is 4. The zero-order chi connectivity index (χ0) is 31.5. The van der Waals surface area contributed by atoms with Crippen molar-refractivity contribution < 1.29 is 0 Å². The Morgan fingerprint density at radius 2 is 0.957 bits per heavy atom. The minimum absolute atomic E-state index is 0.171. The number of hydrogen-bond donors (Lipinski definition) is 0. The Hall–Kier alpha value is -5.86. The summed E-state index contributed by atoms with van der Waals surface area (Å²) in [7, 11) is 0. The van der Waals surface area contributed by atoms with E-state index in [2.05, 4.69) is 193 Å². The minimum Gasteiger partial charge on any atom is -0.310 e. The molecule has 1 aliphatic rings. The van der Waals surface area contributed by atoms with Crippen molar-refractivity contribution in [3.8, 4) is 27.9 Å². The van der Waals surface area contributed by atoms with Crippen LogP contribution < -0.4 is 4.90 Å². The number of benzene rings is 7. The summed E-state index contributed by atoms with van der Waals surface area (Å²) in [5, 5.41) is 2.54. The van der Waals surface area contributed by atoms with Crippen molar-refractivity contribution in [2.75, 3.05) is 4.90 Å². The first kappa shape index (κ1) is 27.5. The van der Waals surface area contributed by atoms with Gasteiger partial charge in [0.1, 0.15) is 0 Å². The third-order valence-corrected chi connectivity index (χ3v) is 9.98. The first-order valence-corrected chi connectivity index (χ1v) is 16.4. The Morgan fingerprint density at radius 1 is 0.383 bits per heavy atom. The maximum atomic E-state index is 2.44. The summed E-state index contributed by atoms with van der Waals surface area (Å²) in [5.74, 6) is 0. The molecule has 0 N–H and O–H groups in total. The quantitative estimate of drug-likeness (QED) is 0.195. The molecule has 8 aromatic rings. The van der Waals surface area contributed by atoms with Crippen LogP contribution in [0.15, 0.2) is 170 Å². The van der Waals surface area contributed by atoms with Gasteiger partial charge < -0.3 is 9.47 Å². The highest BCUT2D eigenvalue weighted by Gasteiger charge is 2.37. The number of nitrogens with zero attached hydrogens (tertiary/aromatic N) is 2. The first-order valence-electron chi connectivity index (χ1n) is 16.4. The lowest BCUT2D eigenvalue weighted by Gasteiger charge is -2.42. The van der Waals surface area contributed by atoms with E-state index in [4.69, 9.17) is 0 Å². The van der Waals surface area contributed by atoms with Gasteiger partial charge in [0.15, 0.2) is 0 Å². The van der Waals surface area contributed by atoms with Crippen LogP contribution in [0.1, 0.15) is 25.0 Å². The molecule has 2 heteroatoms. The van der Waals surface area contributed by atoms with E-state index in [1.54, 1.807) is 0 Å². The highest BCUT2D eigenvalue weighted by molar-refractivity contribution is 6.10. The lowest BCUT2D eigenvalue weighted by molar-refractivity contribution is 0.632. The highest BCUT2D eigenvalue weighted by atomic mass is 15.2. The van der Waals surface area contributed by atoms with Crippen LogP contribution in [0.3, 0.4) is 0 Å². The molecule has 0 atom stereocenters. The monoisotopic (exact) mass is 602 g/mol. The van der Waals surface area contributed by atoms with Gasteiger partial charge in [0.25, 0.3) is 0 Å². The normalized spacial score (nSPS) is 13.4. The lowest BCUT2D eigenvalue weighted by atomic mass is 9.73. The van der Waals surface area contributed by atoms with Crippen molar-refractivity contribution in [3.63, 3.8) is 0 Å². The maximum absolute atomic E-state index is 2.44. The van der Waals surface area contributed by atoms with Gasteiger partial charge >= 0.3 is 0 Å². The first-order chi connectivity index (χ1) is 23.1. The van der Waals surface area contributed by atoms with Crippen LogP contribution in [0, 0.1) is 0 Å². The minimum atomic E-state index is -0.171. The van der Waals surface area contributed by atoms with Crippen LogP contribution in [0.4, 0.5) is 17.1 Å². The molecule has 2 nitrogen and oxygen atoms in total. The van der Waals surface area contributed by atoms with E-state index in [1.165, 1.54) is 72.2 Å². The smallest absolute Gasteiger partial charge is 0.0541 e. The number of hydrogen-bond acceptors (Lipinski definition) is 1. The van der Waals surface area contributed by atoms with Gasteiger partial charge in [0.05, 0.1) is 22.4 Å². The molecule has 47 heavy (non-hydrogen) atoms. The van der Waals surface area contributed by atoms with Crippen molar-refractivity contribution >= 4 is 38.9 Å². The van der Waals surface area contributed by atoms with Gasteiger partial charge in [-0.2, -0.15) is 0 Å². The molecular weight excluding hydrogens is 569 g/mol. The molecule has 0 radical (unpaired) electrons. The van der Waals surface area contributed by atoms with E-state index in [1.807, 2.05) is 0 Å². The fraction of sp³-hybridized carbons (Fsp3) is 0.0667. The van der Waals surface area contributed by atoms with Gasteiger partial charge in [-0.25, -0.2) is 0 Å². The summed E-state index contributed by atoms with van der Waals surface area (Å²) in [5.41, 5.74) is 14.6. The maximum Gasteiger partial charge on any atom is 0.0541 e. The fourth-order valence-corrected chi connectivity index (χ4v) is 7.60. The second-order valence-electron chi connectivity index (χ2n) is 13.0. The average molecular weight is 603 g/mol. The predicted octanol–water partition coefficient (Wildman–Crippen LogP) is 12.2. The van der Waals surface area contributed by atoms with Crippen molar-refractivity contribution in [2.45, 2.75) is 19.3 Å². The van der Waals surface area contributed by atoms with Gasteiger partial charge in [-0.3, -0.25) is 0 Å². The van der Waals surface area contributed by atoms with Crippen molar-refractivity contribution in [1.82, 2.24) is 4.57 Å². The summed E-state index contributed by atoms with van der Waals surface area (Å²) in [6, 6.07) is 61.9. The lowest BCUT2D eigenvalue weighted by Crippen LogP contribution is -2.30. The van der Waals surface area contributed by atoms with E-state index >= 15 is 0 Å². The number of para-hydroxylation sites is 3. The Bertz CT molecular complexity index is 2420. The molecule has 224 valence electrons. The Labute approximate surface area is 275 Å². The van der Waals surface area contributed by atoms with Crippen LogP contribution >= 0.6 is 0 Å². The topological polar surface area (TPSA) is 8.17 Å². The number of anilines is 3. The van der Waals surface area contributed by atoms with E-state index in [0.29, 0.717) is 0 Å². The zero-order valence-electron chi connectivity index (χ0n) is 26.6. The summed E-state index contributed by atoms with van der Waals surface area (Å²) in [4.78, 5) is 2.44. The van der Waals surface area contributed by atoms with Crippen molar-refractivity contribution in [3.05, 3.63) is 181 Å². The molecule has 0 amide bonds. The molecule has 1 aromatic heterocycles. The molecule has 0 saturated carbocycles. The zero-order valence-corrected chi connectivity index (χ0v) is 26.6. The summed E-state index contributed by atoms with van der Waals surface area (Å²) in [6.45, 7) is 4.72. The SMILES string of the molecule is CC1(C)c2ccccc2N(c2ccc(-c3ccccc3)cc2)c2ccc(-c3ccc4c(c3)c3ccccc3n4-c3ccccc3)cc21. The summed E-state index contributed by atoms with van der Waals surface area (Å²) in [6.07, 6.45) is 0. The van der Waals surface area contributed by atoms with Gasteiger partial charge in [0, 0.05) is 27.6 Å². The van der Waals surface area contributed by atoms with Gasteiger partial charge in [-0.1, -0.05) is 123 Å². The van der Waals surface area contributed by atoms with E-state index in [0.717, 1.165) is 5.69 Å². The van der Waals surface area contributed by atoms with E-state index in [-0.39, 0.29) is 5.41 Å².